The first-order valence-corrected chi connectivity index (χ1v) is 10.4. The number of nitrogens with one attached hydrogen (secondary N) is 1. The summed E-state index contributed by atoms with van der Waals surface area (Å²) in [6, 6.07) is 3.92. The average Bonchev–Trinajstić information content (AvgIpc) is 3.21. The van der Waals surface area contributed by atoms with Gasteiger partial charge in [-0.2, -0.15) is 0 Å². The highest BCUT2D eigenvalue weighted by Gasteiger charge is 2.25. The Hall–Kier alpha value is -1.96. The minimum atomic E-state index is -0.718. The first-order valence-electron chi connectivity index (χ1n) is 10.4. The van der Waals surface area contributed by atoms with Crippen molar-refractivity contribution in [2.45, 2.75) is 71.2 Å². The van der Waals surface area contributed by atoms with Gasteiger partial charge in [-0.3, -0.25) is 9.36 Å². The number of aliphatic hydroxyl groups excluding tert-OH is 2. The summed E-state index contributed by atoms with van der Waals surface area (Å²) in [4.78, 5) is 19.9. The minimum absolute atomic E-state index is 0. The number of aryl methyl sites for hydroxylation is 1. The number of nitrogens with zero attached hydrogens (tertiary/aromatic N) is 3. The van der Waals surface area contributed by atoms with E-state index in [0.717, 1.165) is 49.2 Å². The van der Waals surface area contributed by atoms with Crippen molar-refractivity contribution in [3.05, 3.63) is 34.4 Å². The number of hydrogen-bond acceptors (Lipinski definition) is 6. The van der Waals surface area contributed by atoms with Crippen LogP contribution in [0.3, 0.4) is 0 Å². The fraction of sp³-hybridized carbons (Fsp3) is 0.636. The number of fused-ring (bicyclic) bond motifs is 1. The zero-order chi connectivity index (χ0) is 19.7. The maximum atomic E-state index is 13.1. The molecule has 2 fully saturated rings. The predicted octanol–water partition coefficient (Wildman–Crippen LogP) is 1.81. The molecule has 3 heterocycles. The zero-order valence-corrected chi connectivity index (χ0v) is 16.5. The number of piperidine rings is 1. The van der Waals surface area contributed by atoms with E-state index in [0.29, 0.717) is 11.8 Å². The van der Waals surface area contributed by atoms with E-state index in [-0.39, 0.29) is 25.6 Å². The molecule has 0 unspecified atom stereocenters. The van der Waals surface area contributed by atoms with Gasteiger partial charge in [-0.25, -0.2) is 4.98 Å². The summed E-state index contributed by atoms with van der Waals surface area (Å²) < 4.78 is 1.50. The second-order valence-corrected chi connectivity index (χ2v) is 8.21. The highest BCUT2D eigenvalue weighted by atomic mass is 16.3. The Labute approximate surface area is 172 Å². The fourth-order valence-corrected chi connectivity index (χ4v) is 4.49. The molecule has 0 saturated carbocycles. The number of aromatic nitrogens is 2. The van der Waals surface area contributed by atoms with Crippen molar-refractivity contribution in [1.29, 1.82) is 0 Å². The van der Waals surface area contributed by atoms with Crippen molar-refractivity contribution in [3.8, 4) is 0 Å². The molecule has 0 aliphatic carbocycles. The van der Waals surface area contributed by atoms with E-state index in [1.807, 2.05) is 13.0 Å². The van der Waals surface area contributed by atoms with Crippen LogP contribution in [0.15, 0.2) is 23.3 Å². The molecular weight excluding hydrogens is 368 g/mol. The molecule has 1 aromatic heterocycles. The molecule has 0 spiro atoms. The van der Waals surface area contributed by atoms with Gasteiger partial charge in [-0.1, -0.05) is 7.43 Å². The largest absolute Gasteiger partial charge is 0.392 e. The average molecular weight is 403 g/mol. The Morgan fingerprint density at radius 1 is 1.28 bits per heavy atom. The second-order valence-electron chi connectivity index (χ2n) is 8.21. The van der Waals surface area contributed by atoms with Crippen LogP contribution in [0, 0.1) is 6.92 Å². The third-order valence-electron chi connectivity index (χ3n) is 6.06. The third kappa shape index (κ3) is 4.63. The van der Waals surface area contributed by atoms with Crippen LogP contribution in [-0.2, 0) is 6.54 Å². The highest BCUT2D eigenvalue weighted by Crippen LogP contribution is 2.25. The van der Waals surface area contributed by atoms with Crippen LogP contribution < -0.4 is 15.8 Å². The monoisotopic (exact) mass is 402 g/mol. The van der Waals surface area contributed by atoms with Crippen LogP contribution in [0.2, 0.25) is 0 Å². The van der Waals surface area contributed by atoms with E-state index in [2.05, 4.69) is 21.3 Å². The van der Waals surface area contributed by atoms with E-state index in [4.69, 9.17) is 0 Å². The smallest absolute Gasteiger partial charge is 0.261 e. The molecule has 29 heavy (non-hydrogen) atoms. The van der Waals surface area contributed by atoms with E-state index in [9.17, 15) is 15.0 Å². The quantitative estimate of drug-likeness (QED) is 0.707. The van der Waals surface area contributed by atoms with E-state index >= 15 is 0 Å². The van der Waals surface area contributed by atoms with Gasteiger partial charge in [-0.15, -0.1) is 0 Å². The molecule has 7 heteroatoms. The van der Waals surface area contributed by atoms with Crippen LogP contribution in [0.1, 0.15) is 45.1 Å². The van der Waals surface area contributed by atoms with Gasteiger partial charge in [-0.05, 0) is 63.3 Å². The van der Waals surface area contributed by atoms with Crippen LogP contribution >= 0.6 is 0 Å². The molecule has 0 amide bonds. The summed E-state index contributed by atoms with van der Waals surface area (Å²) in [6.45, 7) is 5.07. The summed E-state index contributed by atoms with van der Waals surface area (Å²) in [6.07, 6.45) is 4.84. The summed E-state index contributed by atoms with van der Waals surface area (Å²) in [7, 11) is 0. The predicted molar refractivity (Wildman–Crippen MR) is 117 cm³/mol. The Bertz CT molecular complexity index is 891. The highest BCUT2D eigenvalue weighted by molar-refractivity contribution is 5.84. The van der Waals surface area contributed by atoms with Crippen molar-refractivity contribution >= 4 is 16.6 Å². The van der Waals surface area contributed by atoms with Crippen LogP contribution in [0.4, 0.5) is 5.69 Å². The lowest BCUT2D eigenvalue weighted by Gasteiger charge is -2.30. The van der Waals surface area contributed by atoms with Crippen molar-refractivity contribution < 1.29 is 10.2 Å². The zero-order valence-electron chi connectivity index (χ0n) is 16.5. The first kappa shape index (κ1) is 21.7. The van der Waals surface area contributed by atoms with E-state index in [1.54, 1.807) is 0 Å². The number of anilines is 1. The summed E-state index contributed by atoms with van der Waals surface area (Å²) in [5.74, 6) is 0. The number of aliphatic hydroxyl groups is 2. The van der Waals surface area contributed by atoms with Crippen molar-refractivity contribution in [2.75, 3.05) is 24.5 Å². The summed E-state index contributed by atoms with van der Waals surface area (Å²) in [5.41, 5.74) is 2.68. The Morgan fingerprint density at radius 2 is 2.03 bits per heavy atom. The Morgan fingerprint density at radius 3 is 2.76 bits per heavy atom. The van der Waals surface area contributed by atoms with Gasteiger partial charge in [0.2, 0.25) is 0 Å². The van der Waals surface area contributed by atoms with Crippen molar-refractivity contribution in [1.82, 2.24) is 14.9 Å². The van der Waals surface area contributed by atoms with Crippen molar-refractivity contribution in [3.63, 3.8) is 0 Å². The van der Waals surface area contributed by atoms with Gasteiger partial charge in [0.05, 0.1) is 36.0 Å². The first-order chi connectivity index (χ1) is 13.5. The third-order valence-corrected chi connectivity index (χ3v) is 6.06. The van der Waals surface area contributed by atoms with Gasteiger partial charge < -0.3 is 20.4 Å². The molecule has 1 aromatic carbocycles. The van der Waals surface area contributed by atoms with Crippen LogP contribution in [0.5, 0.6) is 0 Å². The molecule has 0 bridgehead atoms. The lowest BCUT2D eigenvalue weighted by atomic mass is 9.96. The molecule has 160 valence electrons. The Balaban J connectivity index is 0.00000240. The van der Waals surface area contributed by atoms with Gasteiger partial charge in [0, 0.05) is 24.8 Å². The normalized spacial score (nSPS) is 23.2. The molecule has 3 N–H and O–H groups in total. The van der Waals surface area contributed by atoms with Gasteiger partial charge in [0.15, 0.2) is 0 Å². The maximum absolute atomic E-state index is 13.1. The maximum Gasteiger partial charge on any atom is 0.261 e. The fourth-order valence-electron chi connectivity index (χ4n) is 4.49. The molecule has 7 nitrogen and oxygen atoms in total. The number of benzene rings is 1. The Kier molecular flexibility index (Phi) is 6.93. The SMILES string of the molecule is C.Cc1cc(N2CCCC2)cc2c(=O)n(C[C@@H](O)C[C@H]3NCCC[C@@H]3O)cnc12. The molecule has 4 rings (SSSR count). The molecule has 2 saturated heterocycles. The second kappa shape index (κ2) is 9.24. The van der Waals surface area contributed by atoms with E-state index < -0.39 is 12.2 Å². The van der Waals surface area contributed by atoms with Gasteiger partial charge in [0.25, 0.3) is 5.56 Å². The van der Waals surface area contributed by atoms with E-state index in [1.165, 1.54) is 23.7 Å². The molecule has 2 aliphatic heterocycles. The topological polar surface area (TPSA) is 90.6 Å². The summed E-state index contributed by atoms with van der Waals surface area (Å²) >= 11 is 0. The van der Waals surface area contributed by atoms with Crippen LogP contribution in [0.25, 0.3) is 10.9 Å². The lowest BCUT2D eigenvalue weighted by Crippen LogP contribution is -2.47. The van der Waals surface area contributed by atoms with Crippen LogP contribution in [-0.4, -0.2) is 57.6 Å². The van der Waals surface area contributed by atoms with Crippen molar-refractivity contribution in [2.24, 2.45) is 0 Å². The molecule has 2 aromatic rings. The lowest BCUT2D eigenvalue weighted by molar-refractivity contribution is 0.0539. The number of hydrogen-bond donors (Lipinski definition) is 3. The molecule has 2 aliphatic rings. The molecule has 0 radical (unpaired) electrons. The molecule has 3 atom stereocenters. The minimum Gasteiger partial charge on any atom is -0.392 e. The van der Waals surface area contributed by atoms with Gasteiger partial charge >= 0.3 is 0 Å². The standard InChI is InChI=1S/C21H30N4O3.CH4/c1-14-9-15(24-7-2-3-8-24)10-17-20(14)23-13-25(21(17)28)12-16(26)11-18-19(27)5-4-6-22-18;/h9-10,13,16,18-19,22,26-27H,2-8,11-12H2,1H3;1H4/t16-,18+,19-;/m0./s1. The number of rotatable bonds is 5. The summed E-state index contributed by atoms with van der Waals surface area (Å²) in [5, 5.41) is 24.5. The molecular formula is C22H34N4O3. The van der Waals surface area contributed by atoms with Gasteiger partial charge in [0.1, 0.15) is 0 Å².